The molecular weight excluding hydrogens is 1120 g/mol. The Morgan fingerprint density at radius 3 is 1.24 bits per heavy atom. The Balaban J connectivity index is 0.000000277. The van der Waals surface area contributed by atoms with Crippen molar-refractivity contribution in [1.82, 2.24) is 10.6 Å². The van der Waals surface area contributed by atoms with Crippen LogP contribution in [0.25, 0.3) is 0 Å². The maximum absolute atomic E-state index is 12.6. The standard InChI is InChI=1S/C27H32Cl2N2O5S2.C26H30Cl2N2O5S2/c1-36-25(33)22(31-26(37)27(14-6-15-27)13-3-4-16-38(2,34)35)17-18-9-11-19(12-10-18)30-24(32)23-20(28)7-5-8-21(23)29;1-37(34,35)15-3-2-12-26(13-5-14-26)25(36)30-21(24(32)33)16-17-8-10-18(11-9-17)29-23(31)22-19(27)6-4-7-20(22)28/h5,7-12,22H,3-4,6,13-17H2,1-2H3,(H,30,32)(H,31,37);4,6-11,21H,2-3,5,12-16H2,1H3,(H,29,31)(H,30,36)(H,32,33)/t22-;21-/m00/s1. The van der Waals surface area contributed by atoms with Crippen LogP contribution in [0.4, 0.5) is 11.4 Å². The third kappa shape index (κ3) is 18.4. The number of carboxylic acids is 1. The fraction of sp³-hybridized carbons (Fsp3) is 0.434. The van der Waals surface area contributed by atoms with E-state index in [-0.39, 0.29) is 60.0 Å². The number of rotatable bonds is 24. The normalized spacial score (nSPS) is 15.2. The molecule has 2 atom stereocenters. The molecule has 0 radical (unpaired) electrons. The predicted molar refractivity (Wildman–Crippen MR) is 308 cm³/mol. The molecule has 2 fully saturated rings. The highest BCUT2D eigenvalue weighted by Crippen LogP contribution is 2.47. The maximum Gasteiger partial charge on any atom is 0.328 e. The lowest BCUT2D eigenvalue weighted by molar-refractivity contribution is -0.142. The van der Waals surface area contributed by atoms with Crippen LogP contribution in [0.1, 0.15) is 109 Å². The van der Waals surface area contributed by atoms with E-state index in [4.69, 9.17) is 75.6 Å². The van der Waals surface area contributed by atoms with Crippen LogP contribution in [0.3, 0.4) is 0 Å². The summed E-state index contributed by atoms with van der Waals surface area (Å²) in [6, 6.07) is 22.0. The van der Waals surface area contributed by atoms with Crippen molar-refractivity contribution in [3.8, 4) is 0 Å². The van der Waals surface area contributed by atoms with Crippen LogP contribution >= 0.6 is 70.8 Å². The zero-order chi connectivity index (χ0) is 55.1. The van der Waals surface area contributed by atoms with Gasteiger partial charge >= 0.3 is 11.9 Å². The van der Waals surface area contributed by atoms with E-state index in [1.165, 1.54) is 19.6 Å². The molecule has 0 saturated heterocycles. The van der Waals surface area contributed by atoms with Gasteiger partial charge < -0.3 is 31.1 Å². The fourth-order valence-corrected chi connectivity index (χ4v) is 12.4. The number of halogens is 4. The molecule has 2 aliphatic rings. The molecule has 22 heteroatoms. The Labute approximate surface area is 470 Å². The van der Waals surface area contributed by atoms with Gasteiger partial charge in [-0.2, -0.15) is 0 Å². The second kappa shape index (κ2) is 27.8. The van der Waals surface area contributed by atoms with E-state index >= 15 is 0 Å². The number of unbranched alkanes of at least 4 members (excludes halogenated alkanes) is 2. The molecule has 2 amide bonds. The second-order valence-electron chi connectivity index (χ2n) is 19.3. The molecule has 2 aliphatic carbocycles. The molecule has 0 aliphatic heterocycles. The number of sulfone groups is 2. The summed E-state index contributed by atoms with van der Waals surface area (Å²) < 4.78 is 50.7. The van der Waals surface area contributed by atoms with E-state index in [1.807, 2.05) is 12.1 Å². The number of ether oxygens (including phenoxy) is 1. The topological polar surface area (TPSA) is 214 Å². The quantitative estimate of drug-likeness (QED) is 0.0251. The van der Waals surface area contributed by atoms with Gasteiger partial charge in [-0.1, -0.05) is 133 Å². The lowest BCUT2D eigenvalue weighted by atomic mass is 9.65. The Morgan fingerprint density at radius 1 is 0.587 bits per heavy atom. The van der Waals surface area contributed by atoms with Crippen molar-refractivity contribution in [2.24, 2.45) is 10.8 Å². The molecule has 4 aromatic rings. The summed E-state index contributed by atoms with van der Waals surface area (Å²) in [6.45, 7) is 0. The van der Waals surface area contributed by atoms with Crippen molar-refractivity contribution in [2.45, 2.75) is 102 Å². The number of hydrogen-bond acceptors (Lipinski definition) is 11. The molecule has 75 heavy (non-hydrogen) atoms. The molecule has 0 unspecified atom stereocenters. The summed E-state index contributed by atoms with van der Waals surface area (Å²) in [7, 11) is -4.66. The number of carbonyl (C=O) groups is 4. The molecule has 0 heterocycles. The Kier molecular flexibility index (Phi) is 22.8. The van der Waals surface area contributed by atoms with Crippen molar-refractivity contribution in [1.29, 1.82) is 0 Å². The first-order valence-electron chi connectivity index (χ1n) is 24.3. The molecule has 4 aromatic carbocycles. The first-order chi connectivity index (χ1) is 35.3. The summed E-state index contributed by atoms with van der Waals surface area (Å²) in [5.41, 5.74) is 2.57. The first-order valence-corrected chi connectivity index (χ1v) is 30.8. The van der Waals surface area contributed by atoms with Gasteiger partial charge in [-0.25, -0.2) is 26.4 Å². The van der Waals surface area contributed by atoms with Gasteiger partial charge in [0, 0.05) is 59.1 Å². The highest BCUT2D eigenvalue weighted by atomic mass is 35.5. The van der Waals surface area contributed by atoms with Crippen LogP contribution in [0.5, 0.6) is 0 Å². The molecule has 5 N–H and O–H groups in total. The predicted octanol–water partition coefficient (Wildman–Crippen LogP) is 11.2. The molecular formula is C53H62Cl4N4O10S4. The lowest BCUT2D eigenvalue weighted by Crippen LogP contribution is -2.51. The molecule has 6 rings (SSSR count). The first kappa shape index (κ1) is 61.5. The molecule has 2 saturated carbocycles. The average Bonchev–Trinajstić information content (AvgIpc) is 3.30. The van der Waals surface area contributed by atoms with Crippen LogP contribution < -0.4 is 21.3 Å². The Bertz CT molecular complexity index is 2900. The van der Waals surface area contributed by atoms with E-state index < -0.39 is 55.5 Å². The largest absolute Gasteiger partial charge is 0.480 e. The van der Waals surface area contributed by atoms with E-state index in [0.29, 0.717) is 40.6 Å². The van der Waals surface area contributed by atoms with Crippen molar-refractivity contribution >= 4 is 136 Å². The Hall–Kier alpha value is -4.40. The minimum atomic E-state index is -3.00. The Morgan fingerprint density at radius 2 is 0.933 bits per heavy atom. The van der Waals surface area contributed by atoms with Crippen LogP contribution in [0, 0.1) is 10.8 Å². The highest BCUT2D eigenvalue weighted by Gasteiger charge is 2.43. The summed E-state index contributed by atoms with van der Waals surface area (Å²) >= 11 is 35.9. The highest BCUT2D eigenvalue weighted by molar-refractivity contribution is 7.90. The van der Waals surface area contributed by atoms with E-state index in [2.05, 4.69) is 21.3 Å². The average molecular weight is 1190 g/mol. The minimum absolute atomic E-state index is 0.142. The number of amides is 2. The minimum Gasteiger partial charge on any atom is -0.480 e. The fourth-order valence-electron chi connectivity index (χ4n) is 8.94. The number of nitrogens with one attached hydrogen (secondary N) is 4. The van der Waals surface area contributed by atoms with Gasteiger partial charge in [-0.3, -0.25) is 9.59 Å². The van der Waals surface area contributed by atoms with E-state index in [0.717, 1.165) is 75.3 Å². The van der Waals surface area contributed by atoms with Crippen LogP contribution in [0.15, 0.2) is 84.9 Å². The SMILES string of the molecule is COC(=O)[C@H](Cc1ccc(NC(=O)c2c(Cl)cccc2Cl)cc1)NC(=S)C1(CCCCS(C)(=O)=O)CCC1.CS(=O)(=O)CCCCC1(C(=S)N[C@@H](Cc2ccc(NC(=O)c3c(Cl)cccc3Cl)cc2)C(=O)O)CCC1. The molecule has 406 valence electrons. The van der Waals surface area contributed by atoms with Crippen molar-refractivity contribution in [3.63, 3.8) is 0 Å². The van der Waals surface area contributed by atoms with Gasteiger partial charge in [0.05, 0.1) is 48.3 Å². The summed E-state index contributed by atoms with van der Waals surface area (Å²) in [5, 5.41) is 22.7. The maximum atomic E-state index is 12.6. The van der Waals surface area contributed by atoms with Crippen LogP contribution in [-0.2, 0) is 46.8 Å². The van der Waals surface area contributed by atoms with Gasteiger partial charge in [0.1, 0.15) is 31.8 Å². The van der Waals surface area contributed by atoms with Gasteiger partial charge in [0.25, 0.3) is 11.8 Å². The number of benzene rings is 4. The van der Waals surface area contributed by atoms with Gasteiger partial charge in [-0.15, -0.1) is 0 Å². The zero-order valence-electron chi connectivity index (χ0n) is 41.8. The summed E-state index contributed by atoms with van der Waals surface area (Å²) in [6.07, 6.45) is 12.8. The number of esters is 1. The molecule has 0 bridgehead atoms. The van der Waals surface area contributed by atoms with Crippen molar-refractivity contribution in [2.75, 3.05) is 41.8 Å². The number of methoxy groups -OCH3 is 1. The van der Waals surface area contributed by atoms with Crippen LogP contribution in [0.2, 0.25) is 20.1 Å². The van der Waals surface area contributed by atoms with Crippen molar-refractivity contribution in [3.05, 3.63) is 127 Å². The third-order valence-corrected chi connectivity index (χ3v) is 17.9. The summed E-state index contributed by atoms with van der Waals surface area (Å²) in [4.78, 5) is 51.0. The lowest BCUT2D eigenvalue weighted by Gasteiger charge is -2.43. The van der Waals surface area contributed by atoms with E-state index in [1.54, 1.807) is 72.8 Å². The molecule has 0 spiro atoms. The van der Waals surface area contributed by atoms with Gasteiger partial charge in [-0.05, 0) is 111 Å². The number of carboxylic acid groups (broad SMARTS) is 1. The zero-order valence-corrected chi connectivity index (χ0v) is 48.1. The number of thiocarbonyl (C=S) groups is 2. The van der Waals surface area contributed by atoms with Crippen LogP contribution in [-0.4, -0.2) is 98.9 Å². The van der Waals surface area contributed by atoms with Crippen molar-refractivity contribution < 1.29 is 45.9 Å². The number of hydrogen-bond donors (Lipinski definition) is 5. The number of carbonyl (C=O) groups excluding carboxylic acids is 3. The number of aliphatic carboxylic acids is 1. The third-order valence-electron chi connectivity index (χ3n) is 13.5. The van der Waals surface area contributed by atoms with Gasteiger partial charge in [0.2, 0.25) is 0 Å². The smallest absolute Gasteiger partial charge is 0.328 e. The van der Waals surface area contributed by atoms with E-state index in [9.17, 15) is 41.1 Å². The summed E-state index contributed by atoms with van der Waals surface area (Å²) in [5.74, 6) is -2.00. The monoisotopic (exact) mass is 1180 g/mol. The number of anilines is 2. The molecule has 14 nitrogen and oxygen atoms in total. The second-order valence-corrected chi connectivity index (χ2v) is 26.2. The van der Waals surface area contributed by atoms with Gasteiger partial charge in [0.15, 0.2) is 0 Å². The molecule has 0 aromatic heterocycles.